The summed E-state index contributed by atoms with van der Waals surface area (Å²) >= 11 is 0. The van der Waals surface area contributed by atoms with Gasteiger partial charge in [-0.2, -0.15) is 0 Å². The van der Waals surface area contributed by atoms with E-state index in [0.29, 0.717) is 23.5 Å². The van der Waals surface area contributed by atoms with Crippen molar-refractivity contribution >= 4 is 23.2 Å². The maximum atomic E-state index is 12.3. The Kier molecular flexibility index (Phi) is 6.57. The Hall–Kier alpha value is -2.82. The first kappa shape index (κ1) is 18.5. The number of anilines is 2. The van der Waals surface area contributed by atoms with Gasteiger partial charge in [0.05, 0.1) is 0 Å². The number of amides is 2. The van der Waals surface area contributed by atoms with Crippen molar-refractivity contribution in [3.63, 3.8) is 0 Å². The van der Waals surface area contributed by atoms with Crippen LogP contribution < -0.4 is 15.4 Å². The van der Waals surface area contributed by atoms with Crippen LogP contribution in [-0.4, -0.2) is 17.9 Å². The zero-order valence-electron chi connectivity index (χ0n) is 14.8. The van der Waals surface area contributed by atoms with Crippen LogP contribution >= 0.6 is 0 Å². The molecule has 2 aromatic carbocycles. The van der Waals surface area contributed by atoms with Crippen LogP contribution in [0.5, 0.6) is 5.75 Å². The first-order valence-electron chi connectivity index (χ1n) is 8.48. The highest BCUT2D eigenvalue weighted by Gasteiger charge is 2.15. The molecule has 132 valence electrons. The van der Waals surface area contributed by atoms with E-state index in [0.717, 1.165) is 6.42 Å². The van der Waals surface area contributed by atoms with E-state index in [1.807, 2.05) is 24.3 Å². The highest BCUT2D eigenvalue weighted by atomic mass is 16.5. The van der Waals surface area contributed by atoms with Crippen LogP contribution in [-0.2, 0) is 16.0 Å². The molecule has 1 atom stereocenters. The molecule has 0 spiro atoms. The van der Waals surface area contributed by atoms with E-state index >= 15 is 0 Å². The second-order valence-electron chi connectivity index (χ2n) is 5.73. The standard InChI is InChI=1S/C20H24N2O3/c1-4-15-9-11-18(12-10-15)25-14(3)20(24)22-17-8-6-7-16(13-17)21-19(23)5-2/h6-14H,4-5H2,1-3H3,(H,21,23)(H,22,24)/t14-/m1/s1. The Labute approximate surface area is 148 Å². The number of carbonyl (C=O) groups is 2. The Morgan fingerprint density at radius 3 is 2.24 bits per heavy atom. The summed E-state index contributed by atoms with van der Waals surface area (Å²) < 4.78 is 5.68. The fraction of sp³-hybridized carbons (Fsp3) is 0.300. The Bertz CT molecular complexity index is 726. The lowest BCUT2D eigenvalue weighted by molar-refractivity contribution is -0.122. The van der Waals surface area contributed by atoms with Crippen molar-refractivity contribution in [3.05, 3.63) is 54.1 Å². The van der Waals surface area contributed by atoms with Gasteiger partial charge in [-0.25, -0.2) is 0 Å². The van der Waals surface area contributed by atoms with E-state index in [9.17, 15) is 9.59 Å². The summed E-state index contributed by atoms with van der Waals surface area (Å²) in [5.41, 5.74) is 2.47. The number of rotatable bonds is 7. The average Bonchev–Trinajstić information content (AvgIpc) is 2.62. The van der Waals surface area contributed by atoms with E-state index < -0.39 is 6.10 Å². The van der Waals surface area contributed by atoms with Crippen molar-refractivity contribution in [2.24, 2.45) is 0 Å². The monoisotopic (exact) mass is 340 g/mol. The normalized spacial score (nSPS) is 11.5. The zero-order valence-corrected chi connectivity index (χ0v) is 14.8. The third-order valence-electron chi connectivity index (χ3n) is 3.75. The van der Waals surface area contributed by atoms with Crippen molar-refractivity contribution < 1.29 is 14.3 Å². The zero-order chi connectivity index (χ0) is 18.2. The van der Waals surface area contributed by atoms with E-state index in [-0.39, 0.29) is 11.8 Å². The van der Waals surface area contributed by atoms with Gasteiger partial charge in [0, 0.05) is 17.8 Å². The Morgan fingerprint density at radius 1 is 1.00 bits per heavy atom. The predicted octanol–water partition coefficient (Wildman–Crippen LogP) is 4.00. The Balaban J connectivity index is 1.95. The van der Waals surface area contributed by atoms with E-state index in [2.05, 4.69) is 17.6 Å². The van der Waals surface area contributed by atoms with Crippen LogP contribution in [0, 0.1) is 0 Å². The molecule has 0 fully saturated rings. The lowest BCUT2D eigenvalue weighted by Gasteiger charge is -2.15. The van der Waals surface area contributed by atoms with Crippen molar-refractivity contribution in [2.45, 2.75) is 39.7 Å². The van der Waals surface area contributed by atoms with Crippen LogP contribution in [0.3, 0.4) is 0 Å². The van der Waals surface area contributed by atoms with Gasteiger partial charge in [-0.1, -0.05) is 32.0 Å². The molecular weight excluding hydrogens is 316 g/mol. The van der Waals surface area contributed by atoms with E-state index in [4.69, 9.17) is 4.74 Å². The molecular formula is C20H24N2O3. The van der Waals surface area contributed by atoms with Gasteiger partial charge in [0.2, 0.25) is 5.91 Å². The molecule has 2 aromatic rings. The van der Waals surface area contributed by atoms with Gasteiger partial charge in [0.1, 0.15) is 5.75 Å². The summed E-state index contributed by atoms with van der Waals surface area (Å²) in [4.78, 5) is 23.8. The van der Waals surface area contributed by atoms with Crippen LogP contribution in [0.25, 0.3) is 0 Å². The van der Waals surface area contributed by atoms with Crippen LogP contribution in [0.15, 0.2) is 48.5 Å². The second kappa shape index (κ2) is 8.87. The summed E-state index contributed by atoms with van der Waals surface area (Å²) in [5, 5.41) is 5.56. The second-order valence-corrected chi connectivity index (χ2v) is 5.73. The van der Waals surface area contributed by atoms with Gasteiger partial charge in [0.15, 0.2) is 6.10 Å². The number of hydrogen-bond donors (Lipinski definition) is 2. The van der Waals surface area contributed by atoms with Gasteiger partial charge >= 0.3 is 0 Å². The molecule has 25 heavy (non-hydrogen) atoms. The Morgan fingerprint density at radius 2 is 1.64 bits per heavy atom. The number of nitrogens with one attached hydrogen (secondary N) is 2. The summed E-state index contributed by atoms with van der Waals surface area (Å²) in [5.74, 6) is 0.332. The summed E-state index contributed by atoms with van der Waals surface area (Å²) in [6, 6.07) is 14.7. The van der Waals surface area contributed by atoms with Gasteiger partial charge in [-0.15, -0.1) is 0 Å². The summed E-state index contributed by atoms with van der Waals surface area (Å²) in [6.07, 6.45) is 0.723. The smallest absolute Gasteiger partial charge is 0.265 e. The fourth-order valence-corrected chi connectivity index (χ4v) is 2.23. The highest BCUT2D eigenvalue weighted by molar-refractivity contribution is 5.95. The highest BCUT2D eigenvalue weighted by Crippen LogP contribution is 2.17. The molecule has 0 aliphatic rings. The molecule has 5 heteroatoms. The lowest BCUT2D eigenvalue weighted by Crippen LogP contribution is -2.30. The van der Waals surface area contributed by atoms with E-state index in [1.54, 1.807) is 38.1 Å². The average molecular weight is 340 g/mol. The minimum Gasteiger partial charge on any atom is -0.481 e. The third kappa shape index (κ3) is 5.64. The molecule has 0 aromatic heterocycles. The number of ether oxygens (including phenoxy) is 1. The molecule has 0 radical (unpaired) electrons. The van der Waals surface area contributed by atoms with Gasteiger partial charge in [0.25, 0.3) is 5.91 Å². The van der Waals surface area contributed by atoms with Crippen molar-refractivity contribution in [1.82, 2.24) is 0 Å². The van der Waals surface area contributed by atoms with E-state index in [1.165, 1.54) is 5.56 Å². The summed E-state index contributed by atoms with van der Waals surface area (Å²) in [7, 11) is 0. The number of aryl methyl sites for hydroxylation is 1. The molecule has 0 unspecified atom stereocenters. The first-order chi connectivity index (χ1) is 12.0. The van der Waals surface area contributed by atoms with Crippen molar-refractivity contribution in [1.29, 1.82) is 0 Å². The summed E-state index contributed by atoms with van der Waals surface area (Å²) in [6.45, 7) is 5.57. The van der Waals surface area contributed by atoms with Crippen LogP contribution in [0.1, 0.15) is 32.8 Å². The minimum absolute atomic E-state index is 0.0734. The van der Waals surface area contributed by atoms with Gasteiger partial charge < -0.3 is 15.4 Å². The molecule has 0 heterocycles. The number of carbonyl (C=O) groups excluding carboxylic acids is 2. The maximum Gasteiger partial charge on any atom is 0.265 e. The minimum atomic E-state index is -0.638. The maximum absolute atomic E-state index is 12.3. The molecule has 0 aliphatic carbocycles. The van der Waals surface area contributed by atoms with Crippen LogP contribution in [0.2, 0.25) is 0 Å². The third-order valence-corrected chi connectivity index (χ3v) is 3.75. The van der Waals surface area contributed by atoms with Crippen LogP contribution in [0.4, 0.5) is 11.4 Å². The largest absolute Gasteiger partial charge is 0.481 e. The van der Waals surface area contributed by atoms with Gasteiger partial charge in [-0.3, -0.25) is 9.59 Å². The molecule has 2 N–H and O–H groups in total. The predicted molar refractivity (Wildman–Crippen MR) is 99.9 cm³/mol. The molecule has 0 aliphatic heterocycles. The first-order valence-corrected chi connectivity index (χ1v) is 8.48. The number of benzene rings is 2. The molecule has 5 nitrogen and oxygen atoms in total. The molecule has 0 saturated carbocycles. The molecule has 2 rings (SSSR count). The molecule has 0 saturated heterocycles. The van der Waals surface area contributed by atoms with Crippen molar-refractivity contribution in [3.8, 4) is 5.75 Å². The quantitative estimate of drug-likeness (QED) is 0.800. The SMILES string of the molecule is CCC(=O)Nc1cccc(NC(=O)[C@@H](C)Oc2ccc(CC)cc2)c1. The lowest BCUT2D eigenvalue weighted by atomic mass is 10.2. The fourth-order valence-electron chi connectivity index (χ4n) is 2.23. The molecule has 0 bridgehead atoms. The molecule has 2 amide bonds. The number of hydrogen-bond acceptors (Lipinski definition) is 3. The topological polar surface area (TPSA) is 67.4 Å². The van der Waals surface area contributed by atoms with Crippen molar-refractivity contribution in [2.75, 3.05) is 10.6 Å². The van der Waals surface area contributed by atoms with Gasteiger partial charge in [-0.05, 0) is 49.2 Å².